The Kier molecular flexibility index (Phi) is 4.93. The molecule has 104 valence electrons. The summed E-state index contributed by atoms with van der Waals surface area (Å²) in [5.41, 5.74) is 2.69. The molecule has 5 heteroatoms. The zero-order valence-electron chi connectivity index (χ0n) is 10.9. The first-order valence-electron chi connectivity index (χ1n) is 6.21. The summed E-state index contributed by atoms with van der Waals surface area (Å²) < 4.78 is 13.0. The monoisotopic (exact) mass is 308 g/mol. The van der Waals surface area contributed by atoms with E-state index >= 15 is 0 Å². The molecule has 0 aliphatic rings. The fourth-order valence-corrected chi connectivity index (χ4v) is 2.25. The topological polar surface area (TPSA) is 24.1 Å². The van der Waals surface area contributed by atoms with Crippen molar-refractivity contribution < 1.29 is 4.39 Å². The van der Waals surface area contributed by atoms with E-state index in [0.29, 0.717) is 10.8 Å². The van der Waals surface area contributed by atoms with Crippen LogP contribution >= 0.6 is 23.8 Å². The van der Waals surface area contributed by atoms with Gasteiger partial charge >= 0.3 is 0 Å². The van der Waals surface area contributed by atoms with Crippen LogP contribution in [0.5, 0.6) is 0 Å². The van der Waals surface area contributed by atoms with E-state index in [4.69, 9.17) is 23.8 Å². The summed E-state index contributed by atoms with van der Waals surface area (Å²) in [5, 5.41) is 6.78. The van der Waals surface area contributed by atoms with Gasteiger partial charge in [-0.3, -0.25) is 0 Å². The first kappa shape index (κ1) is 14.8. The van der Waals surface area contributed by atoms with Gasteiger partial charge in [-0.1, -0.05) is 36.7 Å². The Labute approximate surface area is 128 Å². The summed E-state index contributed by atoms with van der Waals surface area (Å²) in [4.78, 5) is 0. The van der Waals surface area contributed by atoms with Crippen LogP contribution in [0.2, 0.25) is 5.02 Å². The summed E-state index contributed by atoms with van der Waals surface area (Å²) in [6.07, 6.45) is 0.906. The highest BCUT2D eigenvalue weighted by molar-refractivity contribution is 7.80. The van der Waals surface area contributed by atoms with Crippen LogP contribution in [0.3, 0.4) is 0 Å². The molecule has 20 heavy (non-hydrogen) atoms. The van der Waals surface area contributed by atoms with Crippen molar-refractivity contribution in [1.82, 2.24) is 0 Å². The number of hydrogen-bond acceptors (Lipinski definition) is 1. The third-order valence-electron chi connectivity index (χ3n) is 2.83. The average molecular weight is 309 g/mol. The maximum atomic E-state index is 13.0. The molecule has 2 N–H and O–H groups in total. The van der Waals surface area contributed by atoms with Crippen LogP contribution in [0.4, 0.5) is 15.8 Å². The first-order chi connectivity index (χ1) is 9.60. The van der Waals surface area contributed by atoms with E-state index in [9.17, 15) is 4.39 Å². The average Bonchev–Trinajstić information content (AvgIpc) is 2.42. The largest absolute Gasteiger partial charge is 0.332 e. The summed E-state index contributed by atoms with van der Waals surface area (Å²) in [7, 11) is 0. The lowest BCUT2D eigenvalue weighted by atomic mass is 10.1. The minimum absolute atomic E-state index is 0.290. The van der Waals surface area contributed by atoms with Crippen LogP contribution in [0.15, 0.2) is 42.5 Å². The highest BCUT2D eigenvalue weighted by atomic mass is 35.5. The van der Waals surface area contributed by atoms with Gasteiger partial charge in [-0.25, -0.2) is 4.39 Å². The maximum Gasteiger partial charge on any atom is 0.175 e. The number of para-hydroxylation sites is 1. The number of thiocarbonyl (C=S) groups is 1. The van der Waals surface area contributed by atoms with Crippen molar-refractivity contribution in [3.05, 3.63) is 58.9 Å². The quantitative estimate of drug-likeness (QED) is 0.793. The second kappa shape index (κ2) is 6.68. The molecule has 0 aliphatic heterocycles. The fraction of sp³-hybridized carbons (Fsp3) is 0.133. The molecule has 0 radical (unpaired) electrons. The van der Waals surface area contributed by atoms with Gasteiger partial charge in [0.2, 0.25) is 0 Å². The molecule has 2 aromatic carbocycles. The van der Waals surface area contributed by atoms with Crippen molar-refractivity contribution in [2.75, 3.05) is 10.6 Å². The molecule has 0 saturated carbocycles. The fourth-order valence-electron chi connectivity index (χ4n) is 1.82. The van der Waals surface area contributed by atoms with Crippen molar-refractivity contribution in [3.63, 3.8) is 0 Å². The SMILES string of the molecule is CCc1ccccc1NC(=S)Nc1ccc(F)cc1Cl. The van der Waals surface area contributed by atoms with Gasteiger partial charge < -0.3 is 10.6 Å². The van der Waals surface area contributed by atoms with E-state index in [-0.39, 0.29) is 10.8 Å². The Morgan fingerprint density at radius 3 is 2.55 bits per heavy atom. The van der Waals surface area contributed by atoms with E-state index < -0.39 is 0 Å². The van der Waals surface area contributed by atoms with E-state index in [0.717, 1.165) is 12.1 Å². The van der Waals surface area contributed by atoms with Crippen LogP contribution in [0.25, 0.3) is 0 Å². The van der Waals surface area contributed by atoms with Gasteiger partial charge in [-0.05, 0) is 48.5 Å². The molecule has 0 aromatic heterocycles. The van der Waals surface area contributed by atoms with Crippen molar-refractivity contribution in [1.29, 1.82) is 0 Å². The van der Waals surface area contributed by atoms with E-state index in [1.165, 1.54) is 17.7 Å². The third kappa shape index (κ3) is 3.68. The smallest absolute Gasteiger partial charge is 0.175 e. The van der Waals surface area contributed by atoms with Crippen LogP contribution in [0, 0.1) is 5.82 Å². The molecule has 0 unspecified atom stereocenters. The predicted octanol–water partition coefficient (Wildman–Crippen LogP) is 4.85. The van der Waals surface area contributed by atoms with Gasteiger partial charge in [0.15, 0.2) is 5.11 Å². The summed E-state index contributed by atoms with van der Waals surface area (Å²) in [6.45, 7) is 2.08. The predicted molar refractivity (Wildman–Crippen MR) is 87.1 cm³/mol. The van der Waals surface area contributed by atoms with Gasteiger partial charge in [-0.15, -0.1) is 0 Å². The summed E-state index contributed by atoms with van der Waals surface area (Å²) in [5.74, 6) is -0.379. The molecule has 0 amide bonds. The third-order valence-corrected chi connectivity index (χ3v) is 3.34. The minimum Gasteiger partial charge on any atom is -0.332 e. The standard InChI is InChI=1S/C15H14ClFN2S/c1-2-10-5-3-4-6-13(10)18-15(20)19-14-8-7-11(17)9-12(14)16/h3-9H,2H2,1H3,(H2,18,19,20). The number of anilines is 2. The molecule has 2 aromatic rings. The second-order valence-corrected chi connectivity index (χ2v) is 5.03. The number of hydrogen-bond donors (Lipinski definition) is 2. The van der Waals surface area contributed by atoms with Gasteiger partial charge in [0.1, 0.15) is 5.82 Å². The molecular formula is C15H14ClFN2S. The lowest BCUT2D eigenvalue weighted by Gasteiger charge is -2.14. The molecule has 0 bridgehead atoms. The second-order valence-electron chi connectivity index (χ2n) is 4.21. The zero-order chi connectivity index (χ0) is 14.5. The van der Waals surface area contributed by atoms with Crippen molar-refractivity contribution in [3.8, 4) is 0 Å². The molecule has 0 spiro atoms. The van der Waals surface area contributed by atoms with Gasteiger partial charge in [0.25, 0.3) is 0 Å². The lowest BCUT2D eigenvalue weighted by Crippen LogP contribution is -2.20. The number of halogens is 2. The summed E-state index contributed by atoms with van der Waals surface area (Å²) >= 11 is 11.2. The van der Waals surface area contributed by atoms with Crippen LogP contribution in [-0.4, -0.2) is 5.11 Å². The zero-order valence-corrected chi connectivity index (χ0v) is 12.5. The molecule has 0 atom stereocenters. The lowest BCUT2D eigenvalue weighted by molar-refractivity contribution is 0.628. The first-order valence-corrected chi connectivity index (χ1v) is 6.99. The normalized spacial score (nSPS) is 10.2. The van der Waals surface area contributed by atoms with Crippen molar-refractivity contribution >= 4 is 40.3 Å². The van der Waals surface area contributed by atoms with E-state index in [1.54, 1.807) is 6.07 Å². The Bertz CT molecular complexity index is 631. The number of aryl methyl sites for hydroxylation is 1. The molecule has 2 nitrogen and oxygen atoms in total. The van der Waals surface area contributed by atoms with Gasteiger partial charge in [0.05, 0.1) is 10.7 Å². The molecule has 0 saturated heterocycles. The van der Waals surface area contributed by atoms with Crippen LogP contribution < -0.4 is 10.6 Å². The Balaban J connectivity index is 2.09. The van der Waals surface area contributed by atoms with Crippen LogP contribution in [0.1, 0.15) is 12.5 Å². The number of nitrogens with one attached hydrogen (secondary N) is 2. The highest BCUT2D eigenvalue weighted by Gasteiger charge is 2.06. The highest BCUT2D eigenvalue weighted by Crippen LogP contribution is 2.23. The van der Waals surface area contributed by atoms with Gasteiger partial charge in [0, 0.05) is 5.69 Å². The molecular weight excluding hydrogens is 295 g/mol. The van der Waals surface area contributed by atoms with Crippen molar-refractivity contribution in [2.45, 2.75) is 13.3 Å². The number of rotatable bonds is 3. The molecule has 0 aliphatic carbocycles. The Morgan fingerprint density at radius 1 is 1.15 bits per heavy atom. The summed E-state index contributed by atoms with van der Waals surface area (Å²) in [6, 6.07) is 12.0. The molecule has 2 rings (SSSR count). The molecule has 0 fully saturated rings. The van der Waals surface area contributed by atoms with E-state index in [2.05, 4.69) is 17.6 Å². The van der Waals surface area contributed by atoms with Gasteiger partial charge in [-0.2, -0.15) is 0 Å². The molecule has 0 heterocycles. The van der Waals surface area contributed by atoms with Crippen LogP contribution in [-0.2, 0) is 6.42 Å². The Hall–Kier alpha value is -1.65. The maximum absolute atomic E-state index is 13.0. The minimum atomic E-state index is -0.379. The van der Waals surface area contributed by atoms with Crippen molar-refractivity contribution in [2.24, 2.45) is 0 Å². The number of benzene rings is 2. The van der Waals surface area contributed by atoms with E-state index in [1.807, 2.05) is 24.3 Å². The Morgan fingerprint density at radius 2 is 1.85 bits per heavy atom.